The van der Waals surface area contributed by atoms with Crippen LogP contribution in [0.4, 0.5) is 0 Å². The average molecular weight is 258 g/mol. The van der Waals surface area contributed by atoms with Crippen molar-refractivity contribution in [3.05, 3.63) is 60.2 Å². The Hall–Kier alpha value is -1.84. The van der Waals surface area contributed by atoms with Crippen LogP contribution in [0.1, 0.15) is 18.6 Å². The van der Waals surface area contributed by atoms with Crippen molar-refractivity contribution in [2.45, 2.75) is 13.0 Å². The zero-order chi connectivity index (χ0) is 13.5. The summed E-state index contributed by atoms with van der Waals surface area (Å²) in [6, 6.07) is 17.0. The Balaban J connectivity index is 2.06. The molecule has 0 amide bonds. The van der Waals surface area contributed by atoms with Gasteiger partial charge in [-0.05, 0) is 36.8 Å². The van der Waals surface area contributed by atoms with Gasteiger partial charge in [0.1, 0.15) is 17.6 Å². The van der Waals surface area contributed by atoms with E-state index in [9.17, 15) is 5.11 Å². The lowest BCUT2D eigenvalue weighted by Gasteiger charge is -2.12. The van der Waals surface area contributed by atoms with Crippen LogP contribution < -0.4 is 4.74 Å². The highest BCUT2D eigenvalue weighted by Crippen LogP contribution is 2.24. The van der Waals surface area contributed by atoms with Gasteiger partial charge in [0.25, 0.3) is 0 Å². The lowest BCUT2D eigenvalue weighted by Crippen LogP contribution is -2.06. The Morgan fingerprint density at radius 2 is 1.74 bits per heavy atom. The summed E-state index contributed by atoms with van der Waals surface area (Å²) in [6.45, 7) is 2.80. The van der Waals surface area contributed by atoms with Gasteiger partial charge in [-0.1, -0.05) is 30.3 Å². The summed E-state index contributed by atoms with van der Waals surface area (Å²) in [5.74, 6) is 1.48. The predicted molar refractivity (Wildman–Crippen MR) is 74.4 cm³/mol. The van der Waals surface area contributed by atoms with E-state index in [0.29, 0.717) is 19.0 Å². The maximum absolute atomic E-state index is 9.96. The fourth-order valence-electron chi connectivity index (χ4n) is 1.74. The summed E-state index contributed by atoms with van der Waals surface area (Å²) in [6.07, 6.45) is -0.626. The Bertz CT molecular complexity index is 496. The van der Waals surface area contributed by atoms with Gasteiger partial charge in [0.2, 0.25) is 0 Å². The van der Waals surface area contributed by atoms with Gasteiger partial charge >= 0.3 is 0 Å². The maximum Gasteiger partial charge on any atom is 0.127 e. The third-order valence-electron chi connectivity index (χ3n) is 2.70. The van der Waals surface area contributed by atoms with E-state index in [1.165, 1.54) is 0 Å². The number of benzene rings is 2. The van der Waals surface area contributed by atoms with Crippen molar-refractivity contribution < 1.29 is 14.6 Å². The Morgan fingerprint density at radius 3 is 2.47 bits per heavy atom. The first kappa shape index (κ1) is 13.6. The minimum Gasteiger partial charge on any atom is -0.457 e. The van der Waals surface area contributed by atoms with E-state index >= 15 is 0 Å². The van der Waals surface area contributed by atoms with E-state index in [-0.39, 0.29) is 0 Å². The number of para-hydroxylation sites is 1. The van der Waals surface area contributed by atoms with E-state index in [1.807, 2.05) is 61.5 Å². The van der Waals surface area contributed by atoms with Gasteiger partial charge in [-0.3, -0.25) is 0 Å². The minimum absolute atomic E-state index is 0.297. The number of aliphatic hydroxyl groups is 1. The molecule has 2 rings (SSSR count). The molecule has 1 N–H and O–H groups in total. The van der Waals surface area contributed by atoms with Crippen LogP contribution in [0.25, 0.3) is 0 Å². The molecule has 0 spiro atoms. The van der Waals surface area contributed by atoms with E-state index < -0.39 is 6.10 Å². The summed E-state index contributed by atoms with van der Waals surface area (Å²) in [4.78, 5) is 0. The summed E-state index contributed by atoms with van der Waals surface area (Å²) >= 11 is 0. The van der Waals surface area contributed by atoms with Crippen LogP contribution in [-0.4, -0.2) is 18.3 Å². The standard InChI is InChI=1S/C16H18O3/c1-2-18-12-16(17)13-7-6-10-15(11-13)19-14-8-4-3-5-9-14/h3-11,16-17H,2,12H2,1H3. The predicted octanol–water partition coefficient (Wildman–Crippen LogP) is 3.55. The van der Waals surface area contributed by atoms with Crippen LogP contribution in [0.3, 0.4) is 0 Å². The van der Waals surface area contributed by atoms with Crippen LogP contribution in [0.5, 0.6) is 11.5 Å². The van der Waals surface area contributed by atoms with Crippen LogP contribution in [0.2, 0.25) is 0 Å². The van der Waals surface area contributed by atoms with Gasteiger partial charge in [0.15, 0.2) is 0 Å². The van der Waals surface area contributed by atoms with Crippen LogP contribution >= 0.6 is 0 Å². The van der Waals surface area contributed by atoms with Crippen molar-refractivity contribution >= 4 is 0 Å². The third kappa shape index (κ3) is 4.09. The summed E-state index contributed by atoms with van der Waals surface area (Å²) in [7, 11) is 0. The Morgan fingerprint density at radius 1 is 1.00 bits per heavy atom. The molecule has 1 unspecified atom stereocenters. The Labute approximate surface area is 113 Å². The van der Waals surface area contributed by atoms with Gasteiger partial charge in [-0.2, -0.15) is 0 Å². The number of hydrogen-bond donors (Lipinski definition) is 1. The highest BCUT2D eigenvalue weighted by atomic mass is 16.5. The molecule has 0 aromatic heterocycles. The molecule has 0 saturated heterocycles. The molecule has 0 aliphatic heterocycles. The first-order valence-electron chi connectivity index (χ1n) is 6.38. The number of hydrogen-bond acceptors (Lipinski definition) is 3. The fraction of sp³-hybridized carbons (Fsp3) is 0.250. The second-order valence-corrected chi connectivity index (χ2v) is 4.16. The van der Waals surface area contributed by atoms with Gasteiger partial charge in [0, 0.05) is 6.61 Å². The van der Waals surface area contributed by atoms with Crippen molar-refractivity contribution in [3.63, 3.8) is 0 Å². The highest BCUT2D eigenvalue weighted by molar-refractivity contribution is 5.34. The van der Waals surface area contributed by atoms with Crippen molar-refractivity contribution in [2.75, 3.05) is 13.2 Å². The molecular weight excluding hydrogens is 240 g/mol. The molecule has 0 aliphatic carbocycles. The minimum atomic E-state index is -0.626. The van der Waals surface area contributed by atoms with Crippen LogP contribution in [0, 0.1) is 0 Å². The smallest absolute Gasteiger partial charge is 0.127 e. The molecule has 19 heavy (non-hydrogen) atoms. The molecule has 0 radical (unpaired) electrons. The monoisotopic (exact) mass is 258 g/mol. The molecule has 1 atom stereocenters. The number of rotatable bonds is 6. The number of ether oxygens (including phenoxy) is 2. The Kier molecular flexibility index (Phi) is 4.95. The lowest BCUT2D eigenvalue weighted by atomic mass is 10.1. The van der Waals surface area contributed by atoms with Crippen molar-refractivity contribution in [2.24, 2.45) is 0 Å². The lowest BCUT2D eigenvalue weighted by molar-refractivity contribution is 0.0419. The van der Waals surface area contributed by atoms with E-state index in [2.05, 4.69) is 0 Å². The first-order chi connectivity index (χ1) is 9.29. The summed E-state index contributed by atoms with van der Waals surface area (Å²) < 4.78 is 10.9. The van der Waals surface area contributed by atoms with E-state index in [1.54, 1.807) is 0 Å². The fourth-order valence-corrected chi connectivity index (χ4v) is 1.74. The van der Waals surface area contributed by atoms with Crippen molar-refractivity contribution in [1.82, 2.24) is 0 Å². The SMILES string of the molecule is CCOCC(O)c1cccc(Oc2ccccc2)c1. The quantitative estimate of drug-likeness (QED) is 0.861. The van der Waals surface area contributed by atoms with Gasteiger partial charge in [0.05, 0.1) is 6.61 Å². The molecule has 2 aromatic carbocycles. The zero-order valence-corrected chi connectivity index (χ0v) is 11.0. The van der Waals surface area contributed by atoms with Gasteiger partial charge in [-0.25, -0.2) is 0 Å². The topological polar surface area (TPSA) is 38.7 Å². The molecule has 3 heteroatoms. The first-order valence-corrected chi connectivity index (χ1v) is 6.38. The summed E-state index contributed by atoms with van der Waals surface area (Å²) in [5.41, 5.74) is 0.793. The molecule has 2 aromatic rings. The molecule has 3 nitrogen and oxygen atoms in total. The molecule has 0 fully saturated rings. The number of aliphatic hydroxyl groups excluding tert-OH is 1. The molecular formula is C16H18O3. The molecule has 100 valence electrons. The maximum atomic E-state index is 9.96. The largest absolute Gasteiger partial charge is 0.457 e. The molecule has 0 saturated carbocycles. The normalized spacial score (nSPS) is 12.1. The zero-order valence-electron chi connectivity index (χ0n) is 11.0. The van der Waals surface area contributed by atoms with E-state index in [4.69, 9.17) is 9.47 Å². The van der Waals surface area contributed by atoms with Crippen molar-refractivity contribution in [3.8, 4) is 11.5 Å². The average Bonchev–Trinajstić information content (AvgIpc) is 2.46. The third-order valence-corrected chi connectivity index (χ3v) is 2.70. The molecule has 0 bridgehead atoms. The molecule has 0 heterocycles. The van der Waals surface area contributed by atoms with Crippen molar-refractivity contribution in [1.29, 1.82) is 0 Å². The van der Waals surface area contributed by atoms with Crippen LogP contribution in [0.15, 0.2) is 54.6 Å². The van der Waals surface area contributed by atoms with Crippen LogP contribution in [-0.2, 0) is 4.74 Å². The highest BCUT2D eigenvalue weighted by Gasteiger charge is 2.08. The summed E-state index contributed by atoms with van der Waals surface area (Å²) in [5, 5.41) is 9.96. The second-order valence-electron chi connectivity index (χ2n) is 4.16. The second kappa shape index (κ2) is 6.92. The van der Waals surface area contributed by atoms with Gasteiger partial charge in [-0.15, -0.1) is 0 Å². The van der Waals surface area contributed by atoms with Gasteiger partial charge < -0.3 is 14.6 Å². The van der Waals surface area contributed by atoms with E-state index in [0.717, 1.165) is 11.3 Å². The molecule has 0 aliphatic rings.